The Bertz CT molecular complexity index is 1020. The number of nitrogens with one attached hydrogen (secondary N) is 2. The molecule has 2 N–H and O–H groups in total. The van der Waals surface area contributed by atoms with E-state index in [0.29, 0.717) is 25.3 Å². The summed E-state index contributed by atoms with van der Waals surface area (Å²) in [5.41, 5.74) is 2.12. The van der Waals surface area contributed by atoms with Gasteiger partial charge in [0.1, 0.15) is 17.4 Å². The molecular weight excluding hydrogens is 436 g/mol. The van der Waals surface area contributed by atoms with Crippen molar-refractivity contribution < 1.29 is 28.6 Å². The molecule has 8 nitrogen and oxygen atoms in total. The van der Waals surface area contributed by atoms with Crippen molar-refractivity contribution in [2.45, 2.75) is 57.7 Å². The van der Waals surface area contributed by atoms with Gasteiger partial charge in [-0.2, -0.15) is 0 Å². The van der Waals surface area contributed by atoms with E-state index in [9.17, 15) is 14.4 Å². The molecule has 2 aromatic carbocycles. The number of methoxy groups -OCH3 is 1. The van der Waals surface area contributed by atoms with E-state index < -0.39 is 23.7 Å². The summed E-state index contributed by atoms with van der Waals surface area (Å²) in [5, 5.41) is 5.55. The topological polar surface area (TPSA) is 103 Å². The van der Waals surface area contributed by atoms with E-state index in [4.69, 9.17) is 14.2 Å². The van der Waals surface area contributed by atoms with Crippen LogP contribution < -0.4 is 15.4 Å². The highest BCUT2D eigenvalue weighted by Gasteiger charge is 2.29. The average Bonchev–Trinajstić information content (AvgIpc) is 3.18. The lowest BCUT2D eigenvalue weighted by atomic mass is 9.95. The Morgan fingerprint density at radius 1 is 1.09 bits per heavy atom. The summed E-state index contributed by atoms with van der Waals surface area (Å²) >= 11 is 0. The molecule has 0 aliphatic carbocycles. The Kier molecular flexibility index (Phi) is 8.15. The number of fused-ring (bicyclic) bond motifs is 1. The average molecular weight is 469 g/mol. The second-order valence-corrected chi connectivity index (χ2v) is 9.27. The van der Waals surface area contributed by atoms with Crippen molar-refractivity contribution >= 4 is 18.0 Å². The zero-order valence-electron chi connectivity index (χ0n) is 20.1. The maximum atomic E-state index is 12.8. The molecule has 0 aromatic heterocycles. The SMILES string of the molecule is COC(=O)[C@H](Cc1ccccc1)NC(=O)CC1COc2ccc(CNC(=O)OC(C)(C)C)cc21. The van der Waals surface area contributed by atoms with Gasteiger partial charge in [0.25, 0.3) is 0 Å². The Morgan fingerprint density at radius 3 is 2.50 bits per heavy atom. The van der Waals surface area contributed by atoms with Crippen molar-refractivity contribution in [3.05, 3.63) is 65.2 Å². The van der Waals surface area contributed by atoms with Gasteiger partial charge < -0.3 is 24.8 Å². The Hall–Kier alpha value is -3.55. The van der Waals surface area contributed by atoms with E-state index in [1.165, 1.54) is 7.11 Å². The Balaban J connectivity index is 1.61. The fourth-order valence-electron chi connectivity index (χ4n) is 3.76. The predicted octanol–water partition coefficient (Wildman–Crippen LogP) is 3.48. The number of hydrogen-bond donors (Lipinski definition) is 2. The van der Waals surface area contributed by atoms with Crippen LogP contribution in [-0.4, -0.2) is 43.3 Å². The number of amides is 2. The Morgan fingerprint density at radius 2 is 1.82 bits per heavy atom. The van der Waals surface area contributed by atoms with Crippen molar-refractivity contribution in [1.29, 1.82) is 0 Å². The molecule has 0 radical (unpaired) electrons. The standard InChI is InChI=1S/C26H32N2O6/c1-26(2,3)34-25(31)27-15-18-10-11-22-20(12-18)19(16-33-22)14-23(29)28-21(24(30)32-4)13-17-8-6-5-7-9-17/h5-12,19,21H,13-16H2,1-4H3,(H,27,31)(H,28,29)/t19?,21-/m0/s1. The molecule has 3 rings (SSSR count). The van der Waals surface area contributed by atoms with Crippen molar-refractivity contribution in [3.8, 4) is 5.75 Å². The van der Waals surface area contributed by atoms with E-state index in [2.05, 4.69) is 10.6 Å². The molecule has 0 spiro atoms. The lowest BCUT2D eigenvalue weighted by Crippen LogP contribution is -2.43. The first kappa shape index (κ1) is 25.1. The molecule has 1 unspecified atom stereocenters. The van der Waals surface area contributed by atoms with E-state index in [1.54, 1.807) is 20.8 Å². The van der Waals surface area contributed by atoms with Gasteiger partial charge >= 0.3 is 12.1 Å². The zero-order chi connectivity index (χ0) is 24.7. The molecule has 2 amide bonds. The molecule has 8 heteroatoms. The number of ether oxygens (including phenoxy) is 3. The second-order valence-electron chi connectivity index (χ2n) is 9.27. The molecule has 1 aliphatic rings. The minimum atomic E-state index is -0.772. The quantitative estimate of drug-likeness (QED) is 0.575. The molecule has 1 aliphatic heterocycles. The van der Waals surface area contributed by atoms with Crippen LogP contribution in [0.15, 0.2) is 48.5 Å². The van der Waals surface area contributed by atoms with Gasteiger partial charge in [0.2, 0.25) is 5.91 Å². The number of carbonyl (C=O) groups excluding carboxylic acids is 3. The van der Waals surface area contributed by atoms with Gasteiger partial charge in [-0.25, -0.2) is 9.59 Å². The molecule has 0 fully saturated rings. The molecular formula is C26H32N2O6. The van der Waals surface area contributed by atoms with Crippen LogP contribution in [0.2, 0.25) is 0 Å². The Labute approximate surface area is 200 Å². The molecule has 0 bridgehead atoms. The van der Waals surface area contributed by atoms with E-state index in [0.717, 1.165) is 16.7 Å². The summed E-state index contributed by atoms with van der Waals surface area (Å²) in [4.78, 5) is 37.0. The van der Waals surface area contributed by atoms with Crippen LogP contribution in [0.3, 0.4) is 0 Å². The van der Waals surface area contributed by atoms with Gasteiger partial charge in [-0.1, -0.05) is 36.4 Å². The number of rotatable bonds is 8. The van der Waals surface area contributed by atoms with Gasteiger partial charge in [-0.3, -0.25) is 4.79 Å². The van der Waals surface area contributed by atoms with E-state index in [-0.39, 0.29) is 18.2 Å². The van der Waals surface area contributed by atoms with Crippen LogP contribution in [-0.2, 0) is 32.0 Å². The number of benzene rings is 2. The smallest absolute Gasteiger partial charge is 0.407 e. The van der Waals surface area contributed by atoms with Crippen molar-refractivity contribution in [1.82, 2.24) is 10.6 Å². The second kappa shape index (κ2) is 11.0. The summed E-state index contributed by atoms with van der Waals surface area (Å²) in [6.07, 6.45) is 0.0165. The summed E-state index contributed by atoms with van der Waals surface area (Å²) in [7, 11) is 1.31. The van der Waals surface area contributed by atoms with Crippen LogP contribution >= 0.6 is 0 Å². The van der Waals surface area contributed by atoms with E-state index in [1.807, 2.05) is 48.5 Å². The molecule has 0 saturated carbocycles. The highest BCUT2D eigenvalue weighted by atomic mass is 16.6. The third-order valence-corrected chi connectivity index (χ3v) is 5.33. The summed E-state index contributed by atoms with van der Waals surface area (Å²) in [5.74, 6) is -0.194. The summed E-state index contributed by atoms with van der Waals surface area (Å²) < 4.78 is 15.9. The molecule has 2 aromatic rings. The normalized spacial score (nSPS) is 15.5. The van der Waals surface area contributed by atoms with Gasteiger partial charge in [0.15, 0.2) is 0 Å². The van der Waals surface area contributed by atoms with Crippen molar-refractivity contribution in [2.75, 3.05) is 13.7 Å². The molecule has 182 valence electrons. The highest BCUT2D eigenvalue weighted by molar-refractivity contribution is 5.85. The molecule has 0 saturated heterocycles. The van der Waals surface area contributed by atoms with Gasteiger partial charge in [-0.15, -0.1) is 0 Å². The maximum Gasteiger partial charge on any atom is 0.407 e. The number of alkyl carbamates (subject to hydrolysis) is 1. The lowest BCUT2D eigenvalue weighted by molar-refractivity contribution is -0.145. The van der Waals surface area contributed by atoms with Crippen LogP contribution in [0.25, 0.3) is 0 Å². The molecule has 1 heterocycles. The fraction of sp³-hybridized carbons (Fsp3) is 0.423. The summed E-state index contributed by atoms with van der Waals surface area (Å²) in [6, 6.07) is 14.3. The molecule has 34 heavy (non-hydrogen) atoms. The minimum absolute atomic E-state index is 0.161. The number of esters is 1. The third kappa shape index (κ3) is 7.23. The first-order valence-corrected chi connectivity index (χ1v) is 11.3. The maximum absolute atomic E-state index is 12.8. The van der Waals surface area contributed by atoms with Gasteiger partial charge in [-0.05, 0) is 44.0 Å². The largest absolute Gasteiger partial charge is 0.493 e. The number of carbonyl (C=O) groups is 3. The van der Waals surface area contributed by atoms with Crippen molar-refractivity contribution in [2.24, 2.45) is 0 Å². The highest BCUT2D eigenvalue weighted by Crippen LogP contribution is 2.36. The first-order valence-electron chi connectivity index (χ1n) is 11.3. The van der Waals surface area contributed by atoms with E-state index >= 15 is 0 Å². The first-order chi connectivity index (χ1) is 16.1. The number of hydrogen-bond acceptors (Lipinski definition) is 6. The molecule has 2 atom stereocenters. The van der Waals surface area contributed by atoms with Gasteiger partial charge in [0, 0.05) is 30.9 Å². The fourth-order valence-corrected chi connectivity index (χ4v) is 3.76. The predicted molar refractivity (Wildman–Crippen MR) is 126 cm³/mol. The van der Waals surface area contributed by atoms with Crippen LogP contribution in [0.1, 0.15) is 49.8 Å². The zero-order valence-corrected chi connectivity index (χ0v) is 20.1. The van der Waals surface area contributed by atoms with Crippen LogP contribution in [0.5, 0.6) is 5.75 Å². The lowest BCUT2D eigenvalue weighted by Gasteiger charge is -2.20. The third-order valence-electron chi connectivity index (χ3n) is 5.33. The van der Waals surface area contributed by atoms with Crippen LogP contribution in [0.4, 0.5) is 4.79 Å². The van der Waals surface area contributed by atoms with Crippen molar-refractivity contribution in [3.63, 3.8) is 0 Å². The minimum Gasteiger partial charge on any atom is -0.493 e. The summed E-state index contributed by atoms with van der Waals surface area (Å²) in [6.45, 7) is 6.08. The van der Waals surface area contributed by atoms with Crippen LogP contribution in [0, 0.1) is 0 Å². The monoisotopic (exact) mass is 468 g/mol. The van der Waals surface area contributed by atoms with Gasteiger partial charge in [0.05, 0.1) is 13.7 Å².